The van der Waals surface area contributed by atoms with Gasteiger partial charge < -0.3 is 14.2 Å². The highest BCUT2D eigenvalue weighted by molar-refractivity contribution is 5.71. The molecule has 2 unspecified atom stereocenters. The molecule has 6 nitrogen and oxygen atoms in total. The first-order chi connectivity index (χ1) is 28.7. The molecule has 0 N–H and O–H groups in total. The summed E-state index contributed by atoms with van der Waals surface area (Å²) in [4.78, 5) is 38.0. The fourth-order valence-corrected chi connectivity index (χ4v) is 7.87. The van der Waals surface area contributed by atoms with Gasteiger partial charge in [0.05, 0.1) is 0 Å². The van der Waals surface area contributed by atoms with Crippen LogP contribution in [0.1, 0.15) is 286 Å². The molecule has 0 bridgehead atoms. The van der Waals surface area contributed by atoms with E-state index >= 15 is 0 Å². The number of carbonyl (C=O) groups excluding carboxylic acids is 3. The molecule has 59 heavy (non-hydrogen) atoms. The maximum atomic E-state index is 12.8. The highest BCUT2D eigenvalue weighted by Crippen LogP contribution is 2.18. The van der Waals surface area contributed by atoms with Crippen molar-refractivity contribution in [1.82, 2.24) is 0 Å². The number of hydrogen-bond donors (Lipinski definition) is 0. The standard InChI is InChI=1S/C53H102O6/c1-7-48(5)40-34-28-22-16-13-14-18-25-31-37-43-52(55)58-46-50(59-53(56)44-38-32-26-20-19-23-29-35-41-49(6)8-2)45-57-51(54)42-36-30-24-17-12-10-9-11-15-21-27-33-39-47(3)4/h47-50H,7-46H2,1-6H3/t48?,49?,50-/m0/s1. The van der Waals surface area contributed by atoms with Crippen molar-refractivity contribution in [2.24, 2.45) is 17.8 Å². The van der Waals surface area contributed by atoms with Gasteiger partial charge in [-0.15, -0.1) is 0 Å². The van der Waals surface area contributed by atoms with E-state index < -0.39 is 6.10 Å². The van der Waals surface area contributed by atoms with E-state index in [1.807, 2.05) is 0 Å². The minimum Gasteiger partial charge on any atom is -0.462 e. The van der Waals surface area contributed by atoms with E-state index in [-0.39, 0.29) is 31.1 Å². The van der Waals surface area contributed by atoms with Crippen LogP contribution < -0.4 is 0 Å². The van der Waals surface area contributed by atoms with E-state index in [0.29, 0.717) is 19.3 Å². The SMILES string of the molecule is CCC(C)CCCCCCCCCCCCC(=O)OC[C@H](COC(=O)CCCCCCCCCCCCCCC(C)C)OC(=O)CCCCCCCCCCC(C)CC. The Morgan fingerprint density at radius 3 is 0.881 bits per heavy atom. The van der Waals surface area contributed by atoms with Crippen molar-refractivity contribution in [2.75, 3.05) is 13.2 Å². The van der Waals surface area contributed by atoms with E-state index in [4.69, 9.17) is 14.2 Å². The van der Waals surface area contributed by atoms with Crippen molar-refractivity contribution in [3.63, 3.8) is 0 Å². The summed E-state index contributed by atoms with van der Waals surface area (Å²) in [6, 6.07) is 0. The summed E-state index contributed by atoms with van der Waals surface area (Å²) in [6.07, 6.45) is 43.6. The third-order valence-electron chi connectivity index (χ3n) is 12.6. The van der Waals surface area contributed by atoms with Gasteiger partial charge in [0, 0.05) is 19.3 Å². The Labute approximate surface area is 368 Å². The molecule has 0 saturated heterocycles. The van der Waals surface area contributed by atoms with Crippen LogP contribution >= 0.6 is 0 Å². The number of unbranched alkanes of at least 4 members (excludes halogenated alkanes) is 27. The van der Waals surface area contributed by atoms with Crippen LogP contribution in [0.25, 0.3) is 0 Å². The zero-order valence-corrected chi connectivity index (χ0v) is 40.5. The molecule has 0 rings (SSSR count). The first-order valence-electron chi connectivity index (χ1n) is 26.2. The van der Waals surface area contributed by atoms with Crippen LogP contribution in [0.3, 0.4) is 0 Å². The van der Waals surface area contributed by atoms with Gasteiger partial charge in [0.2, 0.25) is 0 Å². The van der Waals surface area contributed by atoms with Crippen molar-refractivity contribution in [1.29, 1.82) is 0 Å². The highest BCUT2D eigenvalue weighted by Gasteiger charge is 2.19. The highest BCUT2D eigenvalue weighted by atomic mass is 16.6. The third kappa shape index (κ3) is 44.3. The average Bonchev–Trinajstić information content (AvgIpc) is 3.22. The summed E-state index contributed by atoms with van der Waals surface area (Å²) in [5.41, 5.74) is 0. The quantitative estimate of drug-likeness (QED) is 0.0345. The molecule has 0 aromatic heterocycles. The lowest BCUT2D eigenvalue weighted by atomic mass is 9.99. The number of ether oxygens (including phenoxy) is 3. The maximum absolute atomic E-state index is 12.8. The van der Waals surface area contributed by atoms with Gasteiger partial charge >= 0.3 is 17.9 Å². The molecule has 0 spiro atoms. The van der Waals surface area contributed by atoms with E-state index in [1.165, 1.54) is 167 Å². The molecule has 0 aliphatic heterocycles. The lowest BCUT2D eigenvalue weighted by Gasteiger charge is -2.18. The third-order valence-corrected chi connectivity index (χ3v) is 12.6. The maximum Gasteiger partial charge on any atom is 0.306 e. The summed E-state index contributed by atoms with van der Waals surface area (Å²) < 4.78 is 16.8. The number of rotatable bonds is 46. The lowest BCUT2D eigenvalue weighted by Crippen LogP contribution is -2.30. The number of esters is 3. The number of hydrogen-bond acceptors (Lipinski definition) is 6. The van der Waals surface area contributed by atoms with E-state index in [1.54, 1.807) is 0 Å². The molecule has 3 atom stereocenters. The Hall–Kier alpha value is -1.59. The molecule has 0 aliphatic carbocycles. The summed E-state index contributed by atoms with van der Waals surface area (Å²) in [6.45, 7) is 13.8. The Kier molecular flexibility index (Phi) is 43.3. The topological polar surface area (TPSA) is 78.9 Å². The predicted molar refractivity (Wildman–Crippen MR) is 252 cm³/mol. The zero-order valence-electron chi connectivity index (χ0n) is 40.5. The summed E-state index contributed by atoms with van der Waals surface area (Å²) in [5, 5.41) is 0. The molecule has 0 fully saturated rings. The van der Waals surface area contributed by atoms with Gasteiger partial charge in [-0.05, 0) is 37.0 Å². The molecule has 0 aromatic carbocycles. The Morgan fingerprint density at radius 2 is 0.593 bits per heavy atom. The summed E-state index contributed by atoms with van der Waals surface area (Å²) in [5.74, 6) is 1.69. The smallest absolute Gasteiger partial charge is 0.306 e. The largest absolute Gasteiger partial charge is 0.462 e. The van der Waals surface area contributed by atoms with Crippen molar-refractivity contribution in [3.05, 3.63) is 0 Å². The van der Waals surface area contributed by atoms with Crippen LogP contribution in [0.4, 0.5) is 0 Å². The van der Waals surface area contributed by atoms with Gasteiger partial charge in [-0.3, -0.25) is 14.4 Å². The van der Waals surface area contributed by atoms with E-state index in [9.17, 15) is 14.4 Å². The van der Waals surface area contributed by atoms with Crippen LogP contribution in [0.15, 0.2) is 0 Å². The lowest BCUT2D eigenvalue weighted by molar-refractivity contribution is -0.167. The van der Waals surface area contributed by atoms with Gasteiger partial charge in [-0.25, -0.2) is 0 Å². The molecule has 6 heteroatoms. The second-order valence-electron chi connectivity index (χ2n) is 19.1. The second kappa shape index (κ2) is 44.5. The van der Waals surface area contributed by atoms with E-state index in [2.05, 4.69) is 41.5 Å². The van der Waals surface area contributed by atoms with Gasteiger partial charge in [-0.2, -0.15) is 0 Å². The monoisotopic (exact) mass is 835 g/mol. The molecule has 0 heterocycles. The second-order valence-corrected chi connectivity index (χ2v) is 19.1. The van der Waals surface area contributed by atoms with Crippen LogP contribution in [0, 0.1) is 17.8 Å². The van der Waals surface area contributed by atoms with Crippen LogP contribution in [-0.2, 0) is 28.6 Å². The van der Waals surface area contributed by atoms with Gasteiger partial charge in [0.15, 0.2) is 6.10 Å². The fourth-order valence-electron chi connectivity index (χ4n) is 7.87. The van der Waals surface area contributed by atoms with Crippen molar-refractivity contribution < 1.29 is 28.6 Å². The average molecular weight is 835 g/mol. The minimum absolute atomic E-state index is 0.0650. The first kappa shape index (κ1) is 57.4. The molecule has 0 saturated carbocycles. The van der Waals surface area contributed by atoms with Crippen molar-refractivity contribution >= 4 is 17.9 Å². The molecule has 0 radical (unpaired) electrons. The number of carbonyl (C=O) groups is 3. The molecule has 0 aromatic rings. The summed E-state index contributed by atoms with van der Waals surface area (Å²) >= 11 is 0. The minimum atomic E-state index is -0.763. The van der Waals surface area contributed by atoms with Crippen molar-refractivity contribution in [2.45, 2.75) is 292 Å². The Balaban J connectivity index is 4.33. The summed E-state index contributed by atoms with van der Waals surface area (Å²) in [7, 11) is 0. The van der Waals surface area contributed by atoms with Crippen molar-refractivity contribution in [3.8, 4) is 0 Å². The Bertz CT molecular complexity index is 918. The molecule has 0 aliphatic rings. The van der Waals surface area contributed by atoms with Gasteiger partial charge in [0.25, 0.3) is 0 Å². The predicted octanol–water partition coefficient (Wildman–Crippen LogP) is 16.8. The van der Waals surface area contributed by atoms with Crippen LogP contribution in [0.5, 0.6) is 0 Å². The molecular weight excluding hydrogens is 733 g/mol. The first-order valence-corrected chi connectivity index (χ1v) is 26.2. The van der Waals surface area contributed by atoms with Crippen LogP contribution in [0.2, 0.25) is 0 Å². The molecular formula is C53H102O6. The molecule has 0 amide bonds. The normalized spacial score (nSPS) is 13.1. The van der Waals surface area contributed by atoms with Gasteiger partial charge in [-0.1, -0.05) is 247 Å². The Morgan fingerprint density at radius 1 is 0.339 bits per heavy atom. The fraction of sp³-hybridized carbons (Fsp3) is 0.943. The zero-order chi connectivity index (χ0) is 43.4. The molecule has 350 valence electrons. The van der Waals surface area contributed by atoms with Gasteiger partial charge in [0.1, 0.15) is 13.2 Å². The van der Waals surface area contributed by atoms with E-state index in [0.717, 1.165) is 75.5 Å². The van der Waals surface area contributed by atoms with Crippen LogP contribution in [-0.4, -0.2) is 37.2 Å².